The molecular formula is C20H28. The number of hydrogen-bond acceptors (Lipinski definition) is 0. The van der Waals surface area contributed by atoms with E-state index in [-0.39, 0.29) is 5.41 Å². The normalized spacial score (nSPS) is 12.2. The molecule has 0 heteroatoms. The highest BCUT2D eigenvalue weighted by Crippen LogP contribution is 2.30. The zero-order valence-electron chi connectivity index (χ0n) is 13.9. The van der Waals surface area contributed by atoms with Gasteiger partial charge in [0.05, 0.1) is 0 Å². The van der Waals surface area contributed by atoms with Crippen LogP contribution in [-0.2, 0) is 5.41 Å². The van der Waals surface area contributed by atoms with Crippen molar-refractivity contribution in [1.29, 1.82) is 0 Å². The van der Waals surface area contributed by atoms with E-state index < -0.39 is 0 Å². The first-order valence-corrected chi connectivity index (χ1v) is 7.41. The molecule has 0 bridgehead atoms. The van der Waals surface area contributed by atoms with Gasteiger partial charge in [-0.3, -0.25) is 0 Å². The topological polar surface area (TPSA) is 0 Å². The molecule has 1 rings (SSSR count). The predicted molar refractivity (Wildman–Crippen MR) is 92.1 cm³/mol. The van der Waals surface area contributed by atoms with Crippen LogP contribution in [0.2, 0.25) is 0 Å². The van der Waals surface area contributed by atoms with Crippen molar-refractivity contribution >= 4 is 5.57 Å². The molecule has 0 aliphatic carbocycles. The Labute approximate surface area is 124 Å². The third kappa shape index (κ3) is 3.96. The Hall–Kier alpha value is -1.56. The standard InChI is InChI=1S/C20H28/c1-8-17(11-10-15(3)4)19-13-12-18(14-16(19)5)20(6,7)9-2/h8,10-14H,1,9H2,2-7H3/b17-11+. The van der Waals surface area contributed by atoms with E-state index >= 15 is 0 Å². The monoisotopic (exact) mass is 268 g/mol. The summed E-state index contributed by atoms with van der Waals surface area (Å²) >= 11 is 0. The van der Waals surface area contributed by atoms with Crippen molar-refractivity contribution in [3.05, 3.63) is 65.3 Å². The Morgan fingerprint density at radius 3 is 2.30 bits per heavy atom. The predicted octanol–water partition coefficient (Wildman–Crippen LogP) is 6.22. The first-order chi connectivity index (χ1) is 9.31. The molecule has 0 fully saturated rings. The Bertz CT molecular complexity index is 535. The number of hydrogen-bond donors (Lipinski definition) is 0. The summed E-state index contributed by atoms with van der Waals surface area (Å²) in [5, 5.41) is 0. The Kier molecular flexibility index (Phi) is 5.56. The number of benzene rings is 1. The summed E-state index contributed by atoms with van der Waals surface area (Å²) < 4.78 is 0. The van der Waals surface area contributed by atoms with Gasteiger partial charge >= 0.3 is 0 Å². The van der Waals surface area contributed by atoms with Crippen LogP contribution in [0.15, 0.2) is 48.6 Å². The third-order valence-corrected chi connectivity index (χ3v) is 4.02. The van der Waals surface area contributed by atoms with Crippen molar-refractivity contribution in [3.63, 3.8) is 0 Å². The molecule has 1 aromatic carbocycles. The number of aryl methyl sites for hydroxylation is 1. The molecule has 0 aliphatic heterocycles. The van der Waals surface area contributed by atoms with Crippen LogP contribution in [0, 0.1) is 6.92 Å². The molecule has 0 N–H and O–H groups in total. The summed E-state index contributed by atoms with van der Waals surface area (Å²) in [4.78, 5) is 0. The largest absolute Gasteiger partial charge is 0.0984 e. The first kappa shape index (κ1) is 16.5. The molecule has 0 aromatic heterocycles. The van der Waals surface area contributed by atoms with E-state index in [0.717, 1.165) is 6.42 Å². The van der Waals surface area contributed by atoms with Crippen LogP contribution < -0.4 is 0 Å². The molecule has 0 spiro atoms. The van der Waals surface area contributed by atoms with E-state index in [9.17, 15) is 0 Å². The fourth-order valence-corrected chi connectivity index (χ4v) is 2.14. The minimum Gasteiger partial charge on any atom is -0.0984 e. The lowest BCUT2D eigenvalue weighted by atomic mass is 9.80. The summed E-state index contributed by atoms with van der Waals surface area (Å²) in [5.74, 6) is 0. The molecule has 0 atom stereocenters. The summed E-state index contributed by atoms with van der Waals surface area (Å²) in [7, 11) is 0. The maximum absolute atomic E-state index is 3.95. The SMILES string of the molecule is C=C/C(=C\C=C(C)C)c1ccc(C(C)(C)CC)cc1C. The zero-order valence-corrected chi connectivity index (χ0v) is 13.9. The number of allylic oxidation sites excluding steroid dienone is 5. The van der Waals surface area contributed by atoms with Crippen LogP contribution >= 0.6 is 0 Å². The average Bonchev–Trinajstić information content (AvgIpc) is 2.40. The van der Waals surface area contributed by atoms with Crippen molar-refractivity contribution in [2.24, 2.45) is 0 Å². The van der Waals surface area contributed by atoms with Crippen LogP contribution in [0.25, 0.3) is 5.57 Å². The van der Waals surface area contributed by atoms with Crippen LogP contribution in [-0.4, -0.2) is 0 Å². The fraction of sp³-hybridized carbons (Fsp3) is 0.400. The smallest absolute Gasteiger partial charge is 0.0106 e. The first-order valence-electron chi connectivity index (χ1n) is 7.41. The lowest BCUT2D eigenvalue weighted by Crippen LogP contribution is -2.15. The van der Waals surface area contributed by atoms with Crippen molar-refractivity contribution in [2.45, 2.75) is 53.4 Å². The van der Waals surface area contributed by atoms with Gasteiger partial charge in [0.2, 0.25) is 0 Å². The van der Waals surface area contributed by atoms with E-state index in [1.165, 1.54) is 27.8 Å². The van der Waals surface area contributed by atoms with Gasteiger partial charge in [0, 0.05) is 0 Å². The summed E-state index contributed by atoms with van der Waals surface area (Å²) in [5.41, 5.74) is 6.72. The van der Waals surface area contributed by atoms with Gasteiger partial charge in [-0.1, -0.05) is 69.4 Å². The molecule has 0 unspecified atom stereocenters. The van der Waals surface area contributed by atoms with Crippen molar-refractivity contribution < 1.29 is 0 Å². The molecule has 0 heterocycles. The maximum Gasteiger partial charge on any atom is -0.0106 e. The van der Waals surface area contributed by atoms with Crippen LogP contribution in [0.4, 0.5) is 0 Å². The van der Waals surface area contributed by atoms with Crippen LogP contribution in [0.5, 0.6) is 0 Å². The molecule has 1 aromatic rings. The zero-order chi connectivity index (χ0) is 15.3. The third-order valence-electron chi connectivity index (χ3n) is 4.02. The van der Waals surface area contributed by atoms with Gasteiger partial charge in [0.15, 0.2) is 0 Å². The molecule has 108 valence electrons. The second-order valence-electron chi connectivity index (χ2n) is 6.34. The van der Waals surface area contributed by atoms with Crippen LogP contribution in [0.3, 0.4) is 0 Å². The van der Waals surface area contributed by atoms with Gasteiger partial charge in [-0.25, -0.2) is 0 Å². The summed E-state index contributed by atoms with van der Waals surface area (Å²) in [6, 6.07) is 6.80. The summed E-state index contributed by atoms with van der Waals surface area (Å²) in [6.07, 6.45) is 7.37. The minimum atomic E-state index is 0.237. The molecule has 0 aliphatic rings. The summed E-state index contributed by atoms with van der Waals surface area (Å²) in [6.45, 7) is 17.2. The van der Waals surface area contributed by atoms with Crippen LogP contribution in [0.1, 0.15) is 57.7 Å². The van der Waals surface area contributed by atoms with Gasteiger partial charge in [-0.05, 0) is 54.9 Å². The van der Waals surface area contributed by atoms with Gasteiger partial charge in [-0.15, -0.1) is 0 Å². The van der Waals surface area contributed by atoms with Gasteiger partial charge in [-0.2, -0.15) is 0 Å². The lowest BCUT2D eigenvalue weighted by Gasteiger charge is -2.24. The van der Waals surface area contributed by atoms with Gasteiger partial charge < -0.3 is 0 Å². The quantitative estimate of drug-likeness (QED) is 0.556. The van der Waals surface area contributed by atoms with E-state index in [0.29, 0.717) is 0 Å². The second kappa shape index (κ2) is 6.74. The van der Waals surface area contributed by atoms with Crippen molar-refractivity contribution in [3.8, 4) is 0 Å². The second-order valence-corrected chi connectivity index (χ2v) is 6.34. The molecule has 20 heavy (non-hydrogen) atoms. The minimum absolute atomic E-state index is 0.237. The van der Waals surface area contributed by atoms with E-state index in [4.69, 9.17) is 0 Å². The Morgan fingerprint density at radius 2 is 1.85 bits per heavy atom. The molecule has 0 saturated heterocycles. The fourth-order valence-electron chi connectivity index (χ4n) is 2.14. The van der Waals surface area contributed by atoms with Gasteiger partial charge in [0.1, 0.15) is 0 Å². The van der Waals surface area contributed by atoms with E-state index in [1.807, 2.05) is 6.08 Å². The molecule has 0 radical (unpaired) electrons. The molecule has 0 amide bonds. The highest BCUT2D eigenvalue weighted by atomic mass is 14.2. The Morgan fingerprint density at radius 1 is 1.20 bits per heavy atom. The van der Waals surface area contributed by atoms with E-state index in [1.54, 1.807) is 0 Å². The highest BCUT2D eigenvalue weighted by Gasteiger charge is 2.18. The van der Waals surface area contributed by atoms with Gasteiger partial charge in [0.25, 0.3) is 0 Å². The molecule has 0 saturated carbocycles. The molecular weight excluding hydrogens is 240 g/mol. The van der Waals surface area contributed by atoms with E-state index in [2.05, 4.69) is 78.5 Å². The average molecular weight is 268 g/mol. The van der Waals surface area contributed by atoms with Crippen molar-refractivity contribution in [2.75, 3.05) is 0 Å². The molecule has 0 nitrogen and oxygen atoms in total. The van der Waals surface area contributed by atoms with Crippen molar-refractivity contribution in [1.82, 2.24) is 0 Å². The Balaban J connectivity index is 3.25. The maximum atomic E-state index is 3.95. The highest BCUT2D eigenvalue weighted by molar-refractivity contribution is 5.77. The number of rotatable bonds is 5. The lowest BCUT2D eigenvalue weighted by molar-refractivity contribution is 0.506.